The van der Waals surface area contributed by atoms with Crippen LogP contribution in [0.2, 0.25) is 0 Å². The molecule has 0 aliphatic carbocycles. The average molecular weight is 315 g/mol. The molecule has 2 atom stereocenters. The molecule has 0 radical (unpaired) electrons. The zero-order valence-electron chi connectivity index (χ0n) is 9.14. The lowest BCUT2D eigenvalue weighted by Crippen LogP contribution is -2.21. The summed E-state index contributed by atoms with van der Waals surface area (Å²) in [6, 6.07) is 1.88. The van der Waals surface area contributed by atoms with Gasteiger partial charge < -0.3 is 5.73 Å². The van der Waals surface area contributed by atoms with E-state index in [4.69, 9.17) is 5.73 Å². The normalized spacial score (nSPS) is 14.1. The van der Waals surface area contributed by atoms with E-state index in [1.807, 2.05) is 13.8 Å². The molecule has 5 heteroatoms. The summed E-state index contributed by atoms with van der Waals surface area (Å²) in [5.74, 6) is -1.13. The molecule has 0 fully saturated rings. The van der Waals surface area contributed by atoms with Crippen LogP contribution in [-0.2, 0) is 0 Å². The Bertz CT molecular complexity index is 337. The fraction of sp³-hybridized carbons (Fsp3) is 0.455. The molecule has 0 heterocycles. The van der Waals surface area contributed by atoms with E-state index in [9.17, 15) is 8.78 Å². The van der Waals surface area contributed by atoms with Gasteiger partial charge in [0.05, 0.1) is 0 Å². The van der Waals surface area contributed by atoms with Crippen LogP contribution in [0.4, 0.5) is 8.78 Å². The van der Waals surface area contributed by atoms with Gasteiger partial charge in [0, 0.05) is 16.1 Å². The molecule has 0 aromatic heterocycles. The predicted octanol–water partition coefficient (Wildman–Crippen LogP) is 4.20. The van der Waals surface area contributed by atoms with Crippen LogP contribution in [0.15, 0.2) is 16.6 Å². The highest BCUT2D eigenvalue weighted by Crippen LogP contribution is 2.28. The Labute approximate surface area is 109 Å². The van der Waals surface area contributed by atoms with Gasteiger partial charge >= 0.3 is 0 Å². The van der Waals surface area contributed by atoms with Crippen molar-refractivity contribution in [2.24, 2.45) is 11.7 Å². The highest BCUT2D eigenvalue weighted by atomic mass is 79.9. The third-order valence-electron chi connectivity index (χ3n) is 2.63. The maximum atomic E-state index is 13.5. The largest absolute Gasteiger partial charge is 0.324 e. The van der Waals surface area contributed by atoms with Crippen LogP contribution >= 0.6 is 28.3 Å². The molecule has 0 saturated carbocycles. The molecule has 1 rings (SSSR count). The van der Waals surface area contributed by atoms with E-state index in [1.54, 1.807) is 0 Å². The van der Waals surface area contributed by atoms with E-state index < -0.39 is 17.7 Å². The van der Waals surface area contributed by atoms with Gasteiger partial charge in [-0.05, 0) is 18.1 Å². The first-order chi connectivity index (χ1) is 6.97. The van der Waals surface area contributed by atoms with Gasteiger partial charge in [-0.3, -0.25) is 0 Å². The second kappa shape index (κ2) is 6.52. The van der Waals surface area contributed by atoms with Crippen molar-refractivity contribution in [3.05, 3.63) is 33.8 Å². The lowest BCUT2D eigenvalue weighted by molar-refractivity contribution is 0.419. The third kappa shape index (κ3) is 3.40. The summed E-state index contributed by atoms with van der Waals surface area (Å²) < 4.78 is 27.4. The molecule has 1 unspecified atom stereocenters. The Morgan fingerprint density at radius 1 is 1.31 bits per heavy atom. The molecule has 0 aliphatic rings. The van der Waals surface area contributed by atoms with Crippen LogP contribution in [0.3, 0.4) is 0 Å². The highest BCUT2D eigenvalue weighted by Gasteiger charge is 2.21. The van der Waals surface area contributed by atoms with Gasteiger partial charge in [0.15, 0.2) is 0 Å². The number of benzene rings is 1. The minimum atomic E-state index is -0.594. The third-order valence-corrected chi connectivity index (χ3v) is 3.09. The van der Waals surface area contributed by atoms with Gasteiger partial charge in [-0.25, -0.2) is 8.78 Å². The maximum absolute atomic E-state index is 13.5. The van der Waals surface area contributed by atoms with E-state index in [0.717, 1.165) is 6.42 Å². The predicted molar refractivity (Wildman–Crippen MR) is 67.7 cm³/mol. The number of hydrogen-bond acceptors (Lipinski definition) is 1. The first kappa shape index (κ1) is 15.8. The van der Waals surface area contributed by atoms with Gasteiger partial charge in [0.25, 0.3) is 0 Å². The van der Waals surface area contributed by atoms with Crippen LogP contribution in [0.25, 0.3) is 0 Å². The number of rotatable bonds is 3. The topological polar surface area (TPSA) is 26.0 Å². The Morgan fingerprint density at radius 2 is 1.75 bits per heavy atom. The quantitative estimate of drug-likeness (QED) is 0.889. The molecule has 0 bridgehead atoms. The lowest BCUT2D eigenvalue weighted by atomic mass is 9.93. The van der Waals surface area contributed by atoms with Gasteiger partial charge in [-0.1, -0.05) is 36.2 Å². The standard InChI is InChI=1S/C11H14BrF2N.ClH/c1-3-6(2)11(15)10-8(13)4-7(12)5-9(10)14;/h4-6,11H,3,15H2,1-2H3;1H/t6?,11-;/m1./s1. The Hall–Kier alpha value is -0.190. The molecular weight excluding hydrogens is 299 g/mol. The van der Waals surface area contributed by atoms with Crippen LogP contribution in [0.1, 0.15) is 31.9 Å². The SMILES string of the molecule is CCC(C)[C@@H](N)c1c(F)cc(Br)cc1F.Cl. The van der Waals surface area contributed by atoms with Crippen molar-refractivity contribution in [3.63, 3.8) is 0 Å². The Morgan fingerprint density at radius 3 is 2.12 bits per heavy atom. The lowest BCUT2D eigenvalue weighted by Gasteiger charge is -2.20. The second-order valence-electron chi connectivity index (χ2n) is 3.69. The van der Waals surface area contributed by atoms with Crippen molar-refractivity contribution >= 4 is 28.3 Å². The first-order valence-corrected chi connectivity index (χ1v) is 5.66. The van der Waals surface area contributed by atoms with Crippen LogP contribution < -0.4 is 5.73 Å². The molecule has 0 spiro atoms. The first-order valence-electron chi connectivity index (χ1n) is 4.87. The summed E-state index contributed by atoms with van der Waals surface area (Å²) in [4.78, 5) is 0. The summed E-state index contributed by atoms with van der Waals surface area (Å²) >= 11 is 3.03. The van der Waals surface area contributed by atoms with Gasteiger partial charge in [-0.15, -0.1) is 12.4 Å². The van der Waals surface area contributed by atoms with Crippen molar-refractivity contribution in [1.82, 2.24) is 0 Å². The van der Waals surface area contributed by atoms with Gasteiger partial charge in [-0.2, -0.15) is 0 Å². The van der Waals surface area contributed by atoms with Crippen molar-refractivity contribution in [1.29, 1.82) is 0 Å². The van der Waals surface area contributed by atoms with E-state index in [-0.39, 0.29) is 23.9 Å². The van der Waals surface area contributed by atoms with E-state index in [1.165, 1.54) is 12.1 Å². The van der Waals surface area contributed by atoms with Crippen molar-refractivity contribution in [3.8, 4) is 0 Å². The average Bonchev–Trinajstić information content (AvgIpc) is 2.14. The Kier molecular flexibility index (Phi) is 6.44. The molecule has 0 amide bonds. The smallest absolute Gasteiger partial charge is 0.132 e. The van der Waals surface area contributed by atoms with Crippen molar-refractivity contribution in [2.75, 3.05) is 0 Å². The van der Waals surface area contributed by atoms with Gasteiger partial charge in [0.1, 0.15) is 11.6 Å². The summed E-state index contributed by atoms with van der Waals surface area (Å²) in [6.07, 6.45) is 0.788. The monoisotopic (exact) mass is 313 g/mol. The van der Waals surface area contributed by atoms with Crippen LogP contribution in [0, 0.1) is 17.6 Å². The number of halogens is 4. The molecular formula is C11H15BrClF2N. The number of nitrogens with two attached hydrogens (primary N) is 1. The van der Waals surface area contributed by atoms with E-state index in [0.29, 0.717) is 4.47 Å². The zero-order chi connectivity index (χ0) is 11.6. The minimum absolute atomic E-state index is 0. The zero-order valence-corrected chi connectivity index (χ0v) is 11.5. The van der Waals surface area contributed by atoms with Crippen molar-refractivity contribution < 1.29 is 8.78 Å². The molecule has 1 nitrogen and oxygen atoms in total. The minimum Gasteiger partial charge on any atom is -0.324 e. The van der Waals surface area contributed by atoms with Crippen LogP contribution in [0.5, 0.6) is 0 Å². The van der Waals surface area contributed by atoms with Crippen molar-refractivity contribution in [2.45, 2.75) is 26.3 Å². The molecule has 0 aliphatic heterocycles. The summed E-state index contributed by atoms with van der Waals surface area (Å²) in [6.45, 7) is 3.82. The maximum Gasteiger partial charge on any atom is 0.132 e. The molecule has 1 aromatic carbocycles. The molecule has 0 saturated heterocycles. The Balaban J connectivity index is 0.00000225. The molecule has 1 aromatic rings. The van der Waals surface area contributed by atoms with E-state index >= 15 is 0 Å². The van der Waals surface area contributed by atoms with E-state index in [2.05, 4.69) is 15.9 Å². The summed E-state index contributed by atoms with van der Waals surface area (Å²) in [5, 5.41) is 0. The summed E-state index contributed by atoms with van der Waals surface area (Å²) in [5.41, 5.74) is 5.78. The van der Waals surface area contributed by atoms with Gasteiger partial charge in [0.2, 0.25) is 0 Å². The fourth-order valence-electron chi connectivity index (χ4n) is 1.41. The molecule has 16 heavy (non-hydrogen) atoms. The summed E-state index contributed by atoms with van der Waals surface area (Å²) in [7, 11) is 0. The second-order valence-corrected chi connectivity index (χ2v) is 4.61. The molecule has 92 valence electrons. The molecule has 2 N–H and O–H groups in total. The fourth-order valence-corrected chi connectivity index (χ4v) is 1.81. The van der Waals surface area contributed by atoms with Crippen LogP contribution in [-0.4, -0.2) is 0 Å². The number of hydrogen-bond donors (Lipinski definition) is 1. The highest BCUT2D eigenvalue weighted by molar-refractivity contribution is 9.10.